The minimum Gasteiger partial charge on any atom is -0.478 e. The fourth-order valence-corrected chi connectivity index (χ4v) is 5.57. The molecule has 0 atom stereocenters. The maximum Gasteiger partial charge on any atom is 0.331 e. The van der Waals surface area contributed by atoms with Crippen LogP contribution >= 0.6 is 0 Å². The number of rotatable bonds is 3. The molecule has 2 heteroatoms. The van der Waals surface area contributed by atoms with Crippen molar-refractivity contribution in [1.29, 1.82) is 0 Å². The summed E-state index contributed by atoms with van der Waals surface area (Å²) < 4.78 is 0. The van der Waals surface area contributed by atoms with Crippen molar-refractivity contribution >= 4 is 5.97 Å². The lowest BCUT2D eigenvalue weighted by atomic mass is 9.49. The first-order chi connectivity index (χ1) is 9.27. The van der Waals surface area contributed by atoms with Gasteiger partial charge in [-0.2, -0.15) is 0 Å². The van der Waals surface area contributed by atoms with Gasteiger partial charge in [0.25, 0.3) is 0 Å². The van der Waals surface area contributed by atoms with Gasteiger partial charge in [0.2, 0.25) is 0 Å². The van der Waals surface area contributed by atoms with E-state index in [0.717, 1.165) is 24.2 Å². The second-order valence-corrected chi connectivity index (χ2v) is 8.79. The first-order valence-electron chi connectivity index (χ1n) is 8.21. The molecule has 4 fully saturated rings. The maximum absolute atomic E-state index is 11.5. The number of carboxylic acid groups (broad SMARTS) is 1. The standard InChI is InChI=1S/C18H28O2/c1-17(2,3)15(16(19)20)4-5-18-9-12-6-13(10-18)8-14(7-12)11-18/h4,12-14H,5-11H2,1-3H3,(H,19,20)/b15-4-. The maximum atomic E-state index is 11.5. The average Bonchev–Trinajstić information content (AvgIpc) is 2.23. The first kappa shape index (κ1) is 14.2. The van der Waals surface area contributed by atoms with E-state index in [0.29, 0.717) is 11.0 Å². The van der Waals surface area contributed by atoms with Crippen LogP contribution in [0.25, 0.3) is 0 Å². The predicted molar refractivity (Wildman–Crippen MR) is 80.4 cm³/mol. The van der Waals surface area contributed by atoms with Crippen LogP contribution in [0, 0.1) is 28.6 Å². The largest absolute Gasteiger partial charge is 0.478 e. The van der Waals surface area contributed by atoms with Crippen LogP contribution in [0.15, 0.2) is 11.6 Å². The van der Waals surface area contributed by atoms with Crippen molar-refractivity contribution < 1.29 is 9.90 Å². The normalized spacial score (nSPS) is 40.1. The molecule has 0 amide bonds. The first-order valence-corrected chi connectivity index (χ1v) is 8.21. The van der Waals surface area contributed by atoms with Gasteiger partial charge in [0.1, 0.15) is 0 Å². The third-order valence-corrected chi connectivity index (χ3v) is 5.94. The van der Waals surface area contributed by atoms with Crippen molar-refractivity contribution in [2.45, 2.75) is 65.7 Å². The van der Waals surface area contributed by atoms with E-state index in [1.807, 2.05) is 20.8 Å². The molecule has 4 aliphatic carbocycles. The molecule has 20 heavy (non-hydrogen) atoms. The van der Waals surface area contributed by atoms with Gasteiger partial charge in [-0.3, -0.25) is 0 Å². The van der Waals surface area contributed by atoms with Gasteiger partial charge < -0.3 is 5.11 Å². The topological polar surface area (TPSA) is 37.3 Å². The van der Waals surface area contributed by atoms with Gasteiger partial charge in [0.05, 0.1) is 0 Å². The smallest absolute Gasteiger partial charge is 0.331 e. The van der Waals surface area contributed by atoms with E-state index in [-0.39, 0.29) is 5.41 Å². The lowest BCUT2D eigenvalue weighted by Gasteiger charge is -2.57. The van der Waals surface area contributed by atoms with Crippen molar-refractivity contribution in [2.75, 3.05) is 0 Å². The van der Waals surface area contributed by atoms with E-state index in [4.69, 9.17) is 0 Å². The molecule has 0 radical (unpaired) electrons. The molecule has 0 saturated heterocycles. The number of hydrogen-bond acceptors (Lipinski definition) is 1. The highest BCUT2D eigenvalue weighted by Gasteiger charge is 2.50. The van der Waals surface area contributed by atoms with E-state index in [1.165, 1.54) is 38.5 Å². The van der Waals surface area contributed by atoms with Crippen molar-refractivity contribution in [3.63, 3.8) is 0 Å². The van der Waals surface area contributed by atoms with Crippen LogP contribution in [0.2, 0.25) is 0 Å². The number of hydrogen-bond donors (Lipinski definition) is 1. The zero-order valence-corrected chi connectivity index (χ0v) is 13.1. The molecule has 0 aromatic carbocycles. The Balaban J connectivity index is 1.79. The highest BCUT2D eigenvalue weighted by Crippen LogP contribution is 2.61. The minimum atomic E-state index is -0.734. The van der Waals surface area contributed by atoms with Crippen molar-refractivity contribution in [3.05, 3.63) is 11.6 Å². The molecular formula is C18H28O2. The van der Waals surface area contributed by atoms with E-state index in [1.54, 1.807) is 0 Å². The van der Waals surface area contributed by atoms with E-state index < -0.39 is 5.97 Å². The zero-order chi connectivity index (χ0) is 14.5. The van der Waals surface area contributed by atoms with Gasteiger partial charge in [-0.25, -0.2) is 4.79 Å². The van der Waals surface area contributed by atoms with E-state index >= 15 is 0 Å². The highest BCUT2D eigenvalue weighted by atomic mass is 16.4. The Kier molecular flexibility index (Phi) is 3.26. The zero-order valence-electron chi connectivity index (χ0n) is 13.1. The Morgan fingerprint density at radius 1 is 1.10 bits per heavy atom. The molecule has 2 nitrogen and oxygen atoms in total. The number of allylic oxidation sites excluding steroid dienone is 1. The van der Waals surface area contributed by atoms with Gasteiger partial charge in [-0.05, 0) is 73.5 Å². The highest BCUT2D eigenvalue weighted by molar-refractivity contribution is 5.87. The third-order valence-electron chi connectivity index (χ3n) is 5.94. The molecule has 1 N–H and O–H groups in total. The second kappa shape index (κ2) is 4.61. The summed E-state index contributed by atoms with van der Waals surface area (Å²) >= 11 is 0. The number of aliphatic carboxylic acids is 1. The summed E-state index contributed by atoms with van der Waals surface area (Å²) in [5.74, 6) is 2.09. The summed E-state index contributed by atoms with van der Waals surface area (Å²) in [4.78, 5) is 11.5. The number of carboxylic acids is 1. The molecule has 0 aliphatic heterocycles. The van der Waals surface area contributed by atoms with Crippen molar-refractivity contribution in [2.24, 2.45) is 28.6 Å². The Morgan fingerprint density at radius 3 is 1.90 bits per heavy atom. The quantitative estimate of drug-likeness (QED) is 0.762. The SMILES string of the molecule is CC(C)(C)/C(=C\CC12CC3CC(CC(C3)C1)C2)C(=O)O. The lowest BCUT2D eigenvalue weighted by Crippen LogP contribution is -2.45. The Bertz CT molecular complexity index is 404. The van der Waals surface area contributed by atoms with Crippen LogP contribution in [-0.4, -0.2) is 11.1 Å². The Hall–Kier alpha value is -0.790. The minimum absolute atomic E-state index is 0.256. The molecule has 0 heterocycles. The Morgan fingerprint density at radius 2 is 1.55 bits per heavy atom. The average molecular weight is 276 g/mol. The predicted octanol–water partition coefficient (Wildman–Crippen LogP) is 4.65. The molecule has 0 aromatic rings. The van der Waals surface area contributed by atoms with Crippen LogP contribution in [0.5, 0.6) is 0 Å². The second-order valence-electron chi connectivity index (χ2n) is 8.79. The molecule has 0 aromatic heterocycles. The van der Waals surface area contributed by atoms with Gasteiger partial charge in [-0.1, -0.05) is 26.8 Å². The van der Waals surface area contributed by atoms with Gasteiger partial charge in [0.15, 0.2) is 0 Å². The lowest BCUT2D eigenvalue weighted by molar-refractivity contribution is -0.133. The summed E-state index contributed by atoms with van der Waals surface area (Å²) in [6.45, 7) is 6.02. The summed E-state index contributed by atoms with van der Waals surface area (Å²) in [6.07, 6.45) is 11.5. The molecule has 0 unspecified atom stereocenters. The van der Waals surface area contributed by atoms with Crippen molar-refractivity contribution in [1.82, 2.24) is 0 Å². The molecular weight excluding hydrogens is 248 g/mol. The third kappa shape index (κ3) is 2.54. The summed E-state index contributed by atoms with van der Waals surface area (Å²) in [6, 6.07) is 0. The molecule has 4 aliphatic rings. The van der Waals surface area contributed by atoms with Crippen LogP contribution in [0.4, 0.5) is 0 Å². The summed E-state index contributed by atoms with van der Waals surface area (Å²) in [5.41, 5.74) is 0.794. The monoisotopic (exact) mass is 276 g/mol. The van der Waals surface area contributed by atoms with E-state index in [9.17, 15) is 9.90 Å². The molecule has 4 bridgehead atoms. The van der Waals surface area contributed by atoms with Gasteiger partial charge in [-0.15, -0.1) is 0 Å². The molecule has 0 spiro atoms. The molecule has 4 rings (SSSR count). The summed E-state index contributed by atoms with van der Waals surface area (Å²) in [7, 11) is 0. The van der Waals surface area contributed by atoms with Crippen LogP contribution < -0.4 is 0 Å². The van der Waals surface area contributed by atoms with Crippen LogP contribution in [0.3, 0.4) is 0 Å². The number of carbonyl (C=O) groups is 1. The van der Waals surface area contributed by atoms with Gasteiger partial charge >= 0.3 is 5.97 Å². The van der Waals surface area contributed by atoms with Crippen LogP contribution in [-0.2, 0) is 4.79 Å². The fourth-order valence-electron chi connectivity index (χ4n) is 5.57. The Labute approximate surface area is 122 Å². The molecule has 4 saturated carbocycles. The summed E-state index contributed by atoms with van der Waals surface area (Å²) in [5, 5.41) is 9.45. The van der Waals surface area contributed by atoms with Gasteiger partial charge in [0, 0.05) is 5.57 Å². The van der Waals surface area contributed by atoms with E-state index in [2.05, 4.69) is 6.08 Å². The van der Waals surface area contributed by atoms with Crippen molar-refractivity contribution in [3.8, 4) is 0 Å². The molecule has 112 valence electrons. The van der Waals surface area contributed by atoms with Crippen LogP contribution in [0.1, 0.15) is 65.7 Å². The fraction of sp³-hybridized carbons (Fsp3) is 0.833.